The van der Waals surface area contributed by atoms with Gasteiger partial charge >= 0.3 is 0 Å². The smallest absolute Gasteiger partial charge is 0.0706 e. The molecular formula is C83H97N3. The zero-order valence-corrected chi connectivity index (χ0v) is 55.9. The molecule has 9 aromatic carbocycles. The second kappa shape index (κ2) is 27.2. The molecule has 0 saturated heterocycles. The molecule has 0 amide bonds. The number of nitrogens with two attached hydrogens (primary N) is 1. The van der Waals surface area contributed by atoms with Crippen molar-refractivity contribution >= 4 is 29.5 Å². The van der Waals surface area contributed by atoms with Gasteiger partial charge in [0.15, 0.2) is 0 Å². The van der Waals surface area contributed by atoms with E-state index in [1.807, 2.05) is 12.4 Å². The zero-order chi connectivity index (χ0) is 62.6. The van der Waals surface area contributed by atoms with E-state index >= 15 is 0 Å². The van der Waals surface area contributed by atoms with E-state index in [0.29, 0.717) is 0 Å². The summed E-state index contributed by atoms with van der Waals surface area (Å²) in [6.07, 6.45) is 3.88. The molecule has 0 aliphatic rings. The molecule has 6 atom stereocenters. The summed E-state index contributed by atoms with van der Waals surface area (Å²) in [4.78, 5) is 10.8. The van der Waals surface area contributed by atoms with Gasteiger partial charge in [-0.15, -0.1) is 0 Å². The molecule has 3 heteroatoms. The van der Waals surface area contributed by atoms with Gasteiger partial charge in [-0.2, -0.15) is 0 Å². The Kier molecular flexibility index (Phi) is 20.3. The predicted octanol–water partition coefficient (Wildman–Crippen LogP) is 22.6. The van der Waals surface area contributed by atoms with Crippen molar-refractivity contribution < 1.29 is 0 Å². The summed E-state index contributed by atoms with van der Waals surface area (Å²) in [5.41, 5.74) is 44.4. The van der Waals surface area contributed by atoms with Crippen LogP contribution in [0.3, 0.4) is 0 Å². The van der Waals surface area contributed by atoms with Gasteiger partial charge in [-0.05, 0) is 171 Å². The van der Waals surface area contributed by atoms with Gasteiger partial charge in [-0.1, -0.05) is 271 Å². The monoisotopic (exact) mass is 1140 g/mol. The molecule has 444 valence electrons. The van der Waals surface area contributed by atoms with Crippen molar-refractivity contribution in [3.8, 4) is 0 Å². The van der Waals surface area contributed by atoms with E-state index in [9.17, 15) is 0 Å². The lowest BCUT2D eigenvalue weighted by Crippen LogP contribution is -2.09. The maximum absolute atomic E-state index is 6.78. The number of nitrogen functional groups attached to an aromatic ring is 1. The van der Waals surface area contributed by atoms with Crippen molar-refractivity contribution in [3.05, 3.63) is 296 Å². The van der Waals surface area contributed by atoms with E-state index in [-0.39, 0.29) is 35.5 Å². The van der Waals surface area contributed by atoms with Crippen LogP contribution in [-0.2, 0) is 0 Å². The summed E-state index contributed by atoms with van der Waals surface area (Å²) in [6.45, 7) is 46.7. The highest BCUT2D eigenvalue weighted by Crippen LogP contribution is 2.44. The summed E-state index contributed by atoms with van der Waals surface area (Å²) in [6, 6.07) is 55.1. The molecule has 0 bridgehead atoms. The largest absolute Gasteiger partial charge is 0.398 e. The molecule has 0 aliphatic carbocycles. The molecule has 0 fully saturated rings. The predicted molar refractivity (Wildman–Crippen MR) is 375 cm³/mol. The van der Waals surface area contributed by atoms with Gasteiger partial charge in [-0.3, -0.25) is 9.98 Å². The number of anilines is 1. The fourth-order valence-electron chi connectivity index (χ4n) is 13.7. The molecular weight excluding hydrogens is 1040 g/mol. The molecule has 0 aromatic heterocycles. The highest BCUT2D eigenvalue weighted by molar-refractivity contribution is 6.17. The Balaban J connectivity index is 0.000000286. The third-order valence-electron chi connectivity index (χ3n) is 17.8. The number of aliphatic imine (C=N–C) groups is 2. The molecule has 0 heterocycles. The lowest BCUT2D eigenvalue weighted by Gasteiger charge is -2.23. The Labute approximate surface area is 519 Å². The SMILES string of the molecule is Cc1cc(C)cc(C(C)c2cc(C)cc(C(C)c3cc(C)cc(C)c3)c2N)c1.Cc1cc(C)cc(C(C)c2cc(C)cc(C(C)c3cc(C)cc(C)c3)c2N=CC=Nc2c(C(C)c3cc(C)cc(C)c3)cc(C)cc2[C@@H](C)c2cc(C)cc(C)c2)c1. The second-order valence-electron chi connectivity index (χ2n) is 26.4. The van der Waals surface area contributed by atoms with Crippen LogP contribution in [0.25, 0.3) is 0 Å². The quantitative estimate of drug-likeness (QED) is 0.0807. The van der Waals surface area contributed by atoms with Crippen molar-refractivity contribution in [3.63, 3.8) is 0 Å². The van der Waals surface area contributed by atoms with Crippen LogP contribution in [0.2, 0.25) is 0 Å². The Bertz CT molecular complexity index is 3480. The molecule has 86 heavy (non-hydrogen) atoms. The van der Waals surface area contributed by atoms with Gasteiger partial charge in [0.1, 0.15) is 0 Å². The van der Waals surface area contributed by atoms with Crippen molar-refractivity contribution in [2.24, 2.45) is 9.98 Å². The van der Waals surface area contributed by atoms with E-state index < -0.39 is 0 Å². The standard InChI is InChI=1S/C56H64N2.C27H33N/c1-33-17-34(2)22-47(21-33)43(11)51-29-41(9)30-52(44(12)48-23-35(3)18-36(4)24-48)55(51)57-15-16-58-56-53(45(13)49-25-37(5)19-38(6)26-49)31-42(10)32-54(56)46(14)50-27-39(7)20-40(8)28-50;1-16-8-17(2)11-23(10-16)21(6)25-14-20(5)15-26(27(25)28)22(7)24-12-18(3)9-19(4)13-24/h15-32,43-46H,1-14H3;8-15,21-22H,28H2,1-7H3/t43-,44?,45?,46?;/m0./s1. The number of hydrogen-bond acceptors (Lipinski definition) is 3. The Morgan fingerprint density at radius 1 is 0.221 bits per heavy atom. The van der Waals surface area contributed by atoms with Crippen LogP contribution in [0, 0.1) is 104 Å². The summed E-state index contributed by atoms with van der Waals surface area (Å²) in [5, 5.41) is 0. The van der Waals surface area contributed by atoms with Gasteiger partial charge < -0.3 is 5.73 Å². The first kappa shape index (κ1) is 64.1. The number of benzene rings is 9. The minimum atomic E-state index is 0.153. The van der Waals surface area contributed by atoms with Crippen LogP contribution >= 0.6 is 0 Å². The van der Waals surface area contributed by atoms with E-state index in [1.54, 1.807) is 0 Å². The van der Waals surface area contributed by atoms with E-state index in [4.69, 9.17) is 15.7 Å². The molecule has 9 aromatic rings. The fourth-order valence-corrected chi connectivity index (χ4v) is 13.7. The minimum absolute atomic E-state index is 0.153. The van der Waals surface area contributed by atoms with Crippen molar-refractivity contribution in [1.29, 1.82) is 0 Å². The third kappa shape index (κ3) is 15.4. The third-order valence-corrected chi connectivity index (χ3v) is 17.8. The highest BCUT2D eigenvalue weighted by atomic mass is 14.8. The lowest BCUT2D eigenvalue weighted by atomic mass is 9.83. The highest BCUT2D eigenvalue weighted by Gasteiger charge is 2.25. The number of aryl methyl sites for hydroxylation is 15. The molecule has 2 N–H and O–H groups in total. The Morgan fingerprint density at radius 2 is 0.360 bits per heavy atom. The molecule has 5 unspecified atom stereocenters. The molecule has 0 saturated carbocycles. The summed E-state index contributed by atoms with van der Waals surface area (Å²) >= 11 is 0. The minimum Gasteiger partial charge on any atom is -0.398 e. The average Bonchev–Trinajstić information content (AvgIpc) is 1.18. The van der Waals surface area contributed by atoms with Crippen LogP contribution in [0.15, 0.2) is 156 Å². The molecule has 9 rings (SSSR count). The first-order valence-corrected chi connectivity index (χ1v) is 31.4. The van der Waals surface area contributed by atoms with Crippen LogP contribution in [0.4, 0.5) is 17.1 Å². The number of nitrogens with zero attached hydrogens (tertiary/aromatic N) is 2. The zero-order valence-electron chi connectivity index (χ0n) is 55.9. The van der Waals surface area contributed by atoms with Gasteiger partial charge in [0, 0.05) is 53.6 Å². The summed E-state index contributed by atoms with van der Waals surface area (Å²) in [7, 11) is 0. The molecule has 0 aliphatic heterocycles. The van der Waals surface area contributed by atoms with Crippen LogP contribution in [0.5, 0.6) is 0 Å². The van der Waals surface area contributed by atoms with E-state index in [0.717, 1.165) is 17.1 Å². The number of hydrogen-bond donors (Lipinski definition) is 1. The number of rotatable bonds is 15. The fraction of sp³-hybridized carbons (Fsp3) is 0.325. The van der Waals surface area contributed by atoms with Gasteiger partial charge in [0.05, 0.1) is 11.4 Å². The Hall–Kier alpha value is -7.88. The molecule has 3 nitrogen and oxygen atoms in total. The Morgan fingerprint density at radius 3 is 0.535 bits per heavy atom. The van der Waals surface area contributed by atoms with Crippen LogP contribution < -0.4 is 5.73 Å². The topological polar surface area (TPSA) is 50.7 Å². The first-order chi connectivity index (χ1) is 40.6. The second-order valence-corrected chi connectivity index (χ2v) is 26.4. The van der Waals surface area contributed by atoms with Crippen molar-refractivity contribution in [2.75, 3.05) is 5.73 Å². The summed E-state index contributed by atoms with van der Waals surface area (Å²) in [5.74, 6) is 1.15. The first-order valence-electron chi connectivity index (χ1n) is 31.4. The average molecular weight is 1140 g/mol. The van der Waals surface area contributed by atoms with Crippen molar-refractivity contribution in [2.45, 2.75) is 181 Å². The lowest BCUT2D eigenvalue weighted by molar-refractivity contribution is 0.879. The molecule has 0 radical (unpaired) electrons. The van der Waals surface area contributed by atoms with E-state index in [1.165, 1.54) is 150 Å². The van der Waals surface area contributed by atoms with Crippen LogP contribution in [-0.4, -0.2) is 12.4 Å². The summed E-state index contributed by atoms with van der Waals surface area (Å²) < 4.78 is 0. The van der Waals surface area contributed by atoms with Gasteiger partial charge in [0.2, 0.25) is 0 Å². The van der Waals surface area contributed by atoms with E-state index in [2.05, 4.69) is 291 Å². The maximum atomic E-state index is 6.78. The normalized spacial score (nSPS) is 13.8. The van der Waals surface area contributed by atoms with Crippen LogP contribution in [0.1, 0.15) is 227 Å². The van der Waals surface area contributed by atoms with Crippen molar-refractivity contribution in [1.82, 2.24) is 0 Å². The van der Waals surface area contributed by atoms with Gasteiger partial charge in [-0.25, -0.2) is 0 Å². The molecule has 0 spiro atoms. The van der Waals surface area contributed by atoms with Gasteiger partial charge in [0.25, 0.3) is 0 Å². The maximum Gasteiger partial charge on any atom is 0.0706 e.